The SMILES string of the molecule is O=C1CC(CNCC2CC2)C(=O)N1CCCN1CCN(c2ccccc2OCC(F)(F)F)CC1. The predicted octanol–water partition coefficient (Wildman–Crippen LogP) is 2.51. The van der Waals surface area contributed by atoms with Crippen LogP contribution in [0.2, 0.25) is 0 Å². The number of carbonyl (C=O) groups excluding carboxylic acids is 2. The maximum atomic E-state index is 12.6. The van der Waals surface area contributed by atoms with Crippen LogP contribution in [0.4, 0.5) is 18.9 Å². The number of hydrogen-bond donors (Lipinski definition) is 1. The Morgan fingerprint density at radius 3 is 2.44 bits per heavy atom. The van der Waals surface area contributed by atoms with Gasteiger partial charge in [0, 0.05) is 45.7 Å². The number of anilines is 1. The van der Waals surface area contributed by atoms with Crippen LogP contribution in [0.1, 0.15) is 25.7 Å². The van der Waals surface area contributed by atoms with E-state index in [1.807, 2.05) is 4.90 Å². The lowest BCUT2D eigenvalue weighted by molar-refractivity contribution is -0.153. The van der Waals surface area contributed by atoms with Crippen molar-refractivity contribution in [1.82, 2.24) is 15.1 Å². The quantitative estimate of drug-likeness (QED) is 0.489. The summed E-state index contributed by atoms with van der Waals surface area (Å²) in [4.78, 5) is 30.6. The summed E-state index contributed by atoms with van der Waals surface area (Å²) in [6, 6.07) is 6.80. The molecule has 0 spiro atoms. The van der Waals surface area contributed by atoms with Crippen LogP contribution < -0.4 is 15.0 Å². The minimum absolute atomic E-state index is 0.0615. The summed E-state index contributed by atoms with van der Waals surface area (Å²) in [5, 5.41) is 3.33. The fraction of sp³-hybridized carbons (Fsp3) is 0.667. The Balaban J connectivity index is 1.18. The van der Waals surface area contributed by atoms with Gasteiger partial charge < -0.3 is 15.0 Å². The van der Waals surface area contributed by atoms with Crippen molar-refractivity contribution < 1.29 is 27.5 Å². The zero-order valence-electron chi connectivity index (χ0n) is 19.4. The molecule has 188 valence electrons. The number of imide groups is 1. The molecule has 1 saturated carbocycles. The Bertz CT molecular complexity index is 854. The average Bonchev–Trinajstić information content (AvgIpc) is 3.59. The second kappa shape index (κ2) is 10.9. The first-order chi connectivity index (χ1) is 16.3. The average molecular weight is 483 g/mol. The predicted molar refractivity (Wildman–Crippen MR) is 122 cm³/mol. The summed E-state index contributed by atoms with van der Waals surface area (Å²) in [6.07, 6.45) is -0.862. The van der Waals surface area contributed by atoms with Crippen LogP contribution in [0.5, 0.6) is 5.75 Å². The number of halogens is 3. The van der Waals surface area contributed by atoms with Crippen molar-refractivity contribution in [3.63, 3.8) is 0 Å². The molecule has 3 fully saturated rings. The second-order valence-corrected chi connectivity index (χ2v) is 9.44. The van der Waals surface area contributed by atoms with Crippen molar-refractivity contribution in [2.45, 2.75) is 31.9 Å². The van der Waals surface area contributed by atoms with Crippen LogP contribution in [0.15, 0.2) is 24.3 Å². The summed E-state index contributed by atoms with van der Waals surface area (Å²) in [5.41, 5.74) is 0.668. The van der Waals surface area contributed by atoms with Gasteiger partial charge in [-0.2, -0.15) is 13.2 Å². The van der Waals surface area contributed by atoms with Gasteiger partial charge in [0.15, 0.2) is 6.61 Å². The third-order valence-corrected chi connectivity index (χ3v) is 6.68. The van der Waals surface area contributed by atoms with Crippen molar-refractivity contribution in [3.05, 3.63) is 24.3 Å². The zero-order valence-corrected chi connectivity index (χ0v) is 19.4. The number of rotatable bonds is 11. The van der Waals surface area contributed by atoms with Crippen molar-refractivity contribution in [3.8, 4) is 5.75 Å². The number of amides is 2. The zero-order chi connectivity index (χ0) is 24.1. The fourth-order valence-electron chi connectivity index (χ4n) is 4.59. The number of ether oxygens (including phenoxy) is 1. The number of alkyl halides is 3. The molecular weight excluding hydrogens is 449 g/mol. The first kappa shape index (κ1) is 24.8. The Labute approximate surface area is 198 Å². The van der Waals surface area contributed by atoms with E-state index < -0.39 is 12.8 Å². The standard InChI is InChI=1S/C24H33F3N4O3/c25-24(26,27)17-34-21-5-2-1-4-20(21)30-12-10-29(11-13-30)8-3-9-31-22(32)14-19(23(31)33)16-28-15-18-6-7-18/h1-2,4-5,18-19,28H,3,6-17H2. The lowest BCUT2D eigenvalue weighted by Gasteiger charge is -2.37. The minimum Gasteiger partial charge on any atom is -0.482 e. The smallest absolute Gasteiger partial charge is 0.422 e. The monoisotopic (exact) mass is 482 g/mol. The van der Waals surface area contributed by atoms with E-state index in [9.17, 15) is 22.8 Å². The van der Waals surface area contributed by atoms with Gasteiger partial charge in [-0.3, -0.25) is 19.4 Å². The van der Waals surface area contributed by atoms with Crippen molar-refractivity contribution in [1.29, 1.82) is 0 Å². The summed E-state index contributed by atoms with van der Waals surface area (Å²) in [7, 11) is 0. The van der Waals surface area contributed by atoms with E-state index >= 15 is 0 Å². The number of piperazine rings is 1. The molecule has 7 nitrogen and oxygen atoms in total. The number of likely N-dealkylation sites (tertiary alicyclic amines) is 1. The lowest BCUT2D eigenvalue weighted by Crippen LogP contribution is -2.47. The van der Waals surface area contributed by atoms with Gasteiger partial charge in [-0.1, -0.05) is 12.1 Å². The highest BCUT2D eigenvalue weighted by molar-refractivity contribution is 6.03. The third kappa shape index (κ3) is 6.85. The molecule has 2 aliphatic heterocycles. The van der Waals surface area contributed by atoms with E-state index in [-0.39, 0.29) is 23.5 Å². The van der Waals surface area contributed by atoms with Crippen LogP contribution in [0, 0.1) is 11.8 Å². The number of carbonyl (C=O) groups is 2. The molecule has 2 heterocycles. The Morgan fingerprint density at radius 1 is 1.00 bits per heavy atom. The highest BCUT2D eigenvalue weighted by Crippen LogP contribution is 2.31. The van der Waals surface area contributed by atoms with E-state index in [1.54, 1.807) is 24.3 Å². The Morgan fingerprint density at radius 2 is 1.74 bits per heavy atom. The fourth-order valence-corrected chi connectivity index (χ4v) is 4.59. The molecule has 1 N–H and O–H groups in total. The molecule has 2 amide bonds. The molecule has 1 atom stereocenters. The molecule has 3 aliphatic rings. The van der Waals surface area contributed by atoms with E-state index in [4.69, 9.17) is 4.74 Å². The van der Waals surface area contributed by atoms with Gasteiger partial charge in [0.2, 0.25) is 11.8 Å². The topological polar surface area (TPSA) is 65.1 Å². The molecule has 2 saturated heterocycles. The van der Waals surface area contributed by atoms with Crippen molar-refractivity contribution in [2.75, 3.05) is 63.9 Å². The third-order valence-electron chi connectivity index (χ3n) is 6.68. The number of hydrogen-bond acceptors (Lipinski definition) is 6. The molecule has 0 aromatic heterocycles. The molecule has 10 heteroatoms. The van der Waals surface area contributed by atoms with Gasteiger partial charge in [0.1, 0.15) is 5.75 Å². The first-order valence-corrected chi connectivity index (χ1v) is 12.1. The highest BCUT2D eigenvalue weighted by atomic mass is 19.4. The molecule has 1 aliphatic carbocycles. The highest BCUT2D eigenvalue weighted by Gasteiger charge is 2.38. The molecule has 34 heavy (non-hydrogen) atoms. The molecule has 0 radical (unpaired) electrons. The van der Waals surface area contributed by atoms with Gasteiger partial charge >= 0.3 is 6.18 Å². The molecule has 1 aromatic rings. The van der Waals surface area contributed by atoms with Crippen LogP contribution in [0.3, 0.4) is 0 Å². The maximum absolute atomic E-state index is 12.6. The van der Waals surface area contributed by atoms with Gasteiger partial charge in [-0.15, -0.1) is 0 Å². The summed E-state index contributed by atoms with van der Waals surface area (Å²) < 4.78 is 42.7. The largest absolute Gasteiger partial charge is 0.482 e. The van der Waals surface area contributed by atoms with Gasteiger partial charge in [-0.25, -0.2) is 0 Å². The number of benzene rings is 1. The van der Waals surface area contributed by atoms with Gasteiger partial charge in [-0.05, 0) is 50.4 Å². The second-order valence-electron chi connectivity index (χ2n) is 9.44. The number of nitrogens with one attached hydrogen (secondary N) is 1. The summed E-state index contributed by atoms with van der Waals surface area (Å²) >= 11 is 0. The molecule has 4 rings (SSSR count). The van der Waals surface area contributed by atoms with Gasteiger partial charge in [0.05, 0.1) is 11.6 Å². The van der Waals surface area contributed by atoms with E-state index in [0.29, 0.717) is 44.7 Å². The van der Waals surface area contributed by atoms with Gasteiger partial charge in [0.25, 0.3) is 0 Å². The Kier molecular flexibility index (Phi) is 7.98. The lowest BCUT2D eigenvalue weighted by atomic mass is 10.1. The first-order valence-electron chi connectivity index (χ1n) is 12.1. The van der Waals surface area contributed by atoms with Crippen LogP contribution >= 0.6 is 0 Å². The minimum atomic E-state index is -4.38. The van der Waals surface area contributed by atoms with Crippen LogP contribution in [-0.4, -0.2) is 86.8 Å². The van der Waals surface area contributed by atoms with E-state index in [1.165, 1.54) is 17.7 Å². The number of para-hydroxylation sites is 2. The van der Waals surface area contributed by atoms with E-state index in [2.05, 4.69) is 10.2 Å². The molecule has 1 unspecified atom stereocenters. The Hall–Kier alpha value is -2.33. The van der Waals surface area contributed by atoms with Crippen LogP contribution in [0.25, 0.3) is 0 Å². The summed E-state index contributed by atoms with van der Waals surface area (Å²) in [5.74, 6) is 0.594. The van der Waals surface area contributed by atoms with Crippen molar-refractivity contribution >= 4 is 17.5 Å². The maximum Gasteiger partial charge on any atom is 0.422 e. The molecule has 1 aromatic carbocycles. The molecular formula is C24H33F3N4O3. The normalized spacial score (nSPS) is 22.0. The number of nitrogens with zero attached hydrogens (tertiary/aromatic N) is 3. The van der Waals surface area contributed by atoms with E-state index in [0.717, 1.165) is 32.1 Å². The van der Waals surface area contributed by atoms with Crippen molar-refractivity contribution in [2.24, 2.45) is 11.8 Å². The summed E-state index contributed by atoms with van der Waals surface area (Å²) in [6.45, 7) is 4.25. The molecule has 0 bridgehead atoms. The van der Waals surface area contributed by atoms with Crippen LogP contribution in [-0.2, 0) is 9.59 Å².